The lowest BCUT2D eigenvalue weighted by molar-refractivity contribution is -0.118. The van der Waals surface area contributed by atoms with E-state index in [4.69, 9.17) is 15.2 Å². The van der Waals surface area contributed by atoms with Crippen molar-refractivity contribution in [3.8, 4) is 5.75 Å². The van der Waals surface area contributed by atoms with Crippen LogP contribution in [0.1, 0.15) is 33.6 Å². The molecule has 3 N–H and O–H groups in total. The van der Waals surface area contributed by atoms with E-state index in [-0.39, 0.29) is 25.2 Å². The van der Waals surface area contributed by atoms with Crippen LogP contribution in [0.15, 0.2) is 24.3 Å². The van der Waals surface area contributed by atoms with E-state index in [9.17, 15) is 9.59 Å². The summed E-state index contributed by atoms with van der Waals surface area (Å²) in [6.45, 7) is 7.04. The molecule has 0 bridgehead atoms. The number of hydrogen-bond acceptors (Lipinski definition) is 5. The molecule has 1 unspecified atom stereocenters. The van der Waals surface area contributed by atoms with Crippen molar-refractivity contribution in [1.29, 1.82) is 0 Å². The predicted octanol–water partition coefficient (Wildman–Crippen LogP) is 2.36. The first-order chi connectivity index (χ1) is 11.7. The summed E-state index contributed by atoms with van der Waals surface area (Å²) in [5.74, 6) is 0.272. The van der Waals surface area contributed by atoms with Gasteiger partial charge in [0, 0.05) is 19.1 Å². The van der Waals surface area contributed by atoms with Gasteiger partial charge in [-0.05, 0) is 39.3 Å². The molecule has 138 valence electrons. The van der Waals surface area contributed by atoms with Crippen molar-refractivity contribution in [3.05, 3.63) is 24.3 Å². The molecule has 0 aliphatic carbocycles. The number of ether oxygens (including phenoxy) is 2. The summed E-state index contributed by atoms with van der Waals surface area (Å²) in [5, 5.41) is 3.40. The van der Waals surface area contributed by atoms with Crippen LogP contribution in [0.2, 0.25) is 0 Å². The number of benzene rings is 1. The second kappa shape index (κ2) is 8.09. The number of nitrogens with one attached hydrogen (secondary N) is 1. The van der Waals surface area contributed by atoms with Crippen LogP contribution in [-0.4, -0.2) is 48.2 Å². The van der Waals surface area contributed by atoms with Gasteiger partial charge in [0.15, 0.2) is 0 Å². The van der Waals surface area contributed by atoms with E-state index in [1.165, 1.54) is 0 Å². The van der Waals surface area contributed by atoms with Gasteiger partial charge >= 0.3 is 6.09 Å². The second-order valence-corrected chi connectivity index (χ2v) is 7.12. The highest BCUT2D eigenvalue weighted by atomic mass is 16.6. The maximum atomic E-state index is 12.1. The van der Waals surface area contributed by atoms with Crippen molar-refractivity contribution in [3.63, 3.8) is 0 Å². The van der Waals surface area contributed by atoms with Crippen molar-refractivity contribution in [2.75, 3.05) is 25.0 Å². The highest BCUT2D eigenvalue weighted by Crippen LogP contribution is 2.27. The third-order valence-corrected chi connectivity index (χ3v) is 3.69. The van der Waals surface area contributed by atoms with E-state index in [0.29, 0.717) is 18.8 Å². The lowest BCUT2D eigenvalue weighted by atomic mass is 10.2. The molecule has 0 aromatic heterocycles. The Kier molecular flexibility index (Phi) is 6.12. The minimum absolute atomic E-state index is 0.119. The van der Waals surface area contributed by atoms with Crippen LogP contribution in [0.4, 0.5) is 10.5 Å². The Morgan fingerprint density at radius 1 is 1.32 bits per heavy atom. The predicted molar refractivity (Wildman–Crippen MR) is 95.6 cm³/mol. The van der Waals surface area contributed by atoms with Gasteiger partial charge in [-0.15, -0.1) is 0 Å². The van der Waals surface area contributed by atoms with Gasteiger partial charge in [0.25, 0.3) is 0 Å². The van der Waals surface area contributed by atoms with Crippen LogP contribution in [-0.2, 0) is 9.53 Å². The molecule has 0 saturated carbocycles. The molecular weight excluding hydrogens is 322 g/mol. The van der Waals surface area contributed by atoms with Gasteiger partial charge < -0.3 is 25.4 Å². The lowest BCUT2D eigenvalue weighted by Gasteiger charge is -2.24. The van der Waals surface area contributed by atoms with E-state index < -0.39 is 11.5 Å². The Labute approximate surface area is 148 Å². The molecule has 1 saturated heterocycles. The van der Waals surface area contributed by atoms with Crippen molar-refractivity contribution >= 4 is 17.7 Å². The van der Waals surface area contributed by atoms with Crippen LogP contribution < -0.4 is 15.8 Å². The standard InChI is InChI=1S/C18H27N3O4/c1-18(2,3)25-17(23)21-10-8-13(12-21)20-14-6-4-5-7-15(14)24-11-9-16(19)22/h4-7,13,20H,8-12H2,1-3H3,(H2,19,22). The molecule has 1 fully saturated rings. The summed E-state index contributed by atoms with van der Waals surface area (Å²) in [5.41, 5.74) is 5.47. The number of rotatable bonds is 6. The fourth-order valence-corrected chi connectivity index (χ4v) is 2.56. The quantitative estimate of drug-likeness (QED) is 0.822. The minimum Gasteiger partial charge on any atom is -0.491 e. The molecule has 1 heterocycles. The number of carbonyl (C=O) groups excluding carboxylic acids is 2. The van der Waals surface area contributed by atoms with Crippen LogP contribution in [0.25, 0.3) is 0 Å². The van der Waals surface area contributed by atoms with Crippen LogP contribution in [0.3, 0.4) is 0 Å². The van der Waals surface area contributed by atoms with Gasteiger partial charge in [0.1, 0.15) is 11.4 Å². The van der Waals surface area contributed by atoms with Crippen molar-refractivity contribution < 1.29 is 19.1 Å². The molecular formula is C18H27N3O4. The van der Waals surface area contributed by atoms with E-state index in [2.05, 4.69) is 5.32 Å². The molecule has 1 aliphatic rings. The zero-order chi connectivity index (χ0) is 18.4. The van der Waals surface area contributed by atoms with Crippen molar-refractivity contribution in [2.24, 2.45) is 5.73 Å². The topological polar surface area (TPSA) is 93.9 Å². The number of amides is 2. The average Bonchev–Trinajstić information content (AvgIpc) is 2.96. The fraction of sp³-hybridized carbons (Fsp3) is 0.556. The lowest BCUT2D eigenvalue weighted by Crippen LogP contribution is -2.36. The first-order valence-corrected chi connectivity index (χ1v) is 8.49. The Morgan fingerprint density at radius 3 is 2.72 bits per heavy atom. The number of anilines is 1. The normalized spacial score (nSPS) is 17.2. The summed E-state index contributed by atoms with van der Waals surface area (Å²) >= 11 is 0. The van der Waals surface area contributed by atoms with Gasteiger partial charge in [0.2, 0.25) is 5.91 Å². The largest absolute Gasteiger partial charge is 0.491 e. The zero-order valence-electron chi connectivity index (χ0n) is 15.1. The van der Waals surface area contributed by atoms with Crippen molar-refractivity contribution in [1.82, 2.24) is 4.90 Å². The second-order valence-electron chi connectivity index (χ2n) is 7.12. The number of nitrogens with two attached hydrogens (primary N) is 1. The number of carbonyl (C=O) groups is 2. The first kappa shape index (κ1) is 18.9. The number of nitrogens with zero attached hydrogens (tertiary/aromatic N) is 1. The zero-order valence-corrected chi connectivity index (χ0v) is 15.1. The molecule has 25 heavy (non-hydrogen) atoms. The van der Waals surface area contributed by atoms with Gasteiger partial charge in [-0.2, -0.15) is 0 Å². The Morgan fingerprint density at radius 2 is 2.04 bits per heavy atom. The molecule has 1 aliphatic heterocycles. The third kappa shape index (κ3) is 6.17. The summed E-state index contributed by atoms with van der Waals surface area (Å²) in [7, 11) is 0. The molecule has 2 rings (SSSR count). The van der Waals surface area contributed by atoms with Crippen LogP contribution in [0.5, 0.6) is 5.75 Å². The molecule has 7 heteroatoms. The molecule has 2 amide bonds. The monoisotopic (exact) mass is 349 g/mol. The number of primary amides is 1. The highest BCUT2D eigenvalue weighted by molar-refractivity contribution is 5.73. The average molecular weight is 349 g/mol. The fourth-order valence-electron chi connectivity index (χ4n) is 2.56. The summed E-state index contributed by atoms with van der Waals surface area (Å²) in [6, 6.07) is 7.64. The van der Waals surface area contributed by atoms with E-state index in [1.807, 2.05) is 45.0 Å². The van der Waals surface area contributed by atoms with E-state index in [0.717, 1.165) is 12.1 Å². The first-order valence-electron chi connectivity index (χ1n) is 8.49. The van der Waals surface area contributed by atoms with Gasteiger partial charge in [0.05, 0.1) is 18.7 Å². The Hall–Kier alpha value is -2.44. The summed E-state index contributed by atoms with van der Waals surface area (Å²) < 4.78 is 11.0. The molecule has 0 spiro atoms. The maximum Gasteiger partial charge on any atom is 0.410 e. The van der Waals surface area contributed by atoms with Gasteiger partial charge in [-0.1, -0.05) is 12.1 Å². The van der Waals surface area contributed by atoms with Crippen molar-refractivity contribution in [2.45, 2.75) is 45.3 Å². The van der Waals surface area contributed by atoms with Gasteiger partial charge in [-0.3, -0.25) is 4.79 Å². The number of para-hydroxylation sites is 2. The van der Waals surface area contributed by atoms with E-state index in [1.54, 1.807) is 4.90 Å². The number of hydrogen-bond donors (Lipinski definition) is 2. The summed E-state index contributed by atoms with van der Waals surface area (Å²) in [4.78, 5) is 24.7. The highest BCUT2D eigenvalue weighted by Gasteiger charge is 2.30. The Balaban J connectivity index is 1.90. The van der Waals surface area contributed by atoms with E-state index >= 15 is 0 Å². The molecule has 1 aromatic carbocycles. The Bertz CT molecular complexity index is 613. The molecule has 1 atom stereocenters. The molecule has 1 aromatic rings. The van der Waals surface area contributed by atoms with Crippen LogP contribution >= 0.6 is 0 Å². The van der Waals surface area contributed by atoms with Crippen LogP contribution in [0, 0.1) is 0 Å². The minimum atomic E-state index is -0.497. The van der Waals surface area contributed by atoms with Gasteiger partial charge in [-0.25, -0.2) is 4.79 Å². The SMILES string of the molecule is CC(C)(C)OC(=O)N1CCC(Nc2ccccc2OCCC(N)=O)C1. The third-order valence-electron chi connectivity index (χ3n) is 3.69. The number of likely N-dealkylation sites (tertiary alicyclic amines) is 1. The molecule has 0 radical (unpaired) electrons. The maximum absolute atomic E-state index is 12.1. The smallest absolute Gasteiger partial charge is 0.410 e. The molecule has 7 nitrogen and oxygen atoms in total. The summed E-state index contributed by atoms with van der Waals surface area (Å²) in [6.07, 6.45) is 0.710.